The van der Waals surface area contributed by atoms with Crippen molar-refractivity contribution in [3.05, 3.63) is 221 Å². The number of allylic oxidation sites excluding steroid dienone is 3. The van der Waals surface area contributed by atoms with Crippen LogP contribution in [0.15, 0.2) is 188 Å². The van der Waals surface area contributed by atoms with E-state index in [1.54, 1.807) is 0 Å². The van der Waals surface area contributed by atoms with Gasteiger partial charge in [0.1, 0.15) is 0 Å². The van der Waals surface area contributed by atoms with Crippen molar-refractivity contribution in [2.75, 3.05) is 11.1 Å². The summed E-state index contributed by atoms with van der Waals surface area (Å²) >= 11 is 5.13. The van der Waals surface area contributed by atoms with Gasteiger partial charge in [0.2, 0.25) is 0 Å². The Morgan fingerprint density at radius 1 is 0.564 bits per heavy atom. The van der Waals surface area contributed by atoms with Crippen LogP contribution in [0.3, 0.4) is 0 Å². The van der Waals surface area contributed by atoms with Crippen LogP contribution in [0.5, 0.6) is 0 Å². The quantitative estimate of drug-likeness (QED) is 0.117. The molecule has 3 atom stereocenters. The molecule has 2 aliphatic carbocycles. The highest BCUT2D eigenvalue weighted by molar-refractivity contribution is 7.80. The Morgan fingerprint density at radius 3 is 1.91 bits per heavy atom. The van der Waals surface area contributed by atoms with Crippen LogP contribution in [0.2, 0.25) is 0 Å². The second kappa shape index (κ2) is 14.4. The summed E-state index contributed by atoms with van der Waals surface area (Å²) in [5.74, 6) is 1.54. The van der Waals surface area contributed by atoms with Gasteiger partial charge >= 0.3 is 0 Å². The average molecular weight is 728 g/mol. The fourth-order valence-corrected chi connectivity index (χ4v) is 9.63. The molecule has 0 bridgehead atoms. The average Bonchev–Trinajstić information content (AvgIpc) is 3.54. The van der Waals surface area contributed by atoms with Gasteiger partial charge < -0.3 is 5.32 Å². The van der Waals surface area contributed by atoms with Crippen LogP contribution in [-0.4, -0.2) is 5.75 Å². The highest BCUT2D eigenvalue weighted by Gasteiger charge is 2.47. The van der Waals surface area contributed by atoms with Gasteiger partial charge in [0.25, 0.3) is 0 Å². The Bertz CT molecular complexity index is 2600. The summed E-state index contributed by atoms with van der Waals surface area (Å²) in [6.07, 6.45) is 4.63. The summed E-state index contributed by atoms with van der Waals surface area (Å²) in [5.41, 5.74) is 19.5. The molecule has 1 N–H and O–H groups in total. The molecule has 0 heterocycles. The number of nitrogens with one attached hydrogen (secondary N) is 1. The lowest BCUT2D eigenvalue weighted by Gasteiger charge is -2.36. The second-order valence-corrected chi connectivity index (χ2v) is 15.3. The van der Waals surface area contributed by atoms with Gasteiger partial charge in [-0.05, 0) is 127 Å². The molecule has 55 heavy (non-hydrogen) atoms. The molecule has 2 aliphatic rings. The molecule has 0 aromatic heterocycles. The molecule has 1 nitrogen and oxygen atoms in total. The fourth-order valence-electron chi connectivity index (χ4n) is 9.30. The van der Waals surface area contributed by atoms with Crippen LogP contribution in [-0.2, 0) is 5.41 Å². The molecule has 3 unspecified atom stereocenters. The molecular formula is C53H45NS. The summed E-state index contributed by atoms with van der Waals surface area (Å²) in [6, 6.07) is 62.3. The summed E-state index contributed by atoms with van der Waals surface area (Å²) < 4.78 is 0. The Balaban J connectivity index is 1.17. The predicted molar refractivity (Wildman–Crippen MR) is 238 cm³/mol. The summed E-state index contributed by atoms with van der Waals surface area (Å²) in [7, 11) is 0. The minimum Gasteiger partial charge on any atom is -0.355 e. The largest absolute Gasteiger partial charge is 0.355 e. The van der Waals surface area contributed by atoms with E-state index in [1.165, 1.54) is 77.9 Å². The van der Waals surface area contributed by atoms with Crippen molar-refractivity contribution >= 4 is 29.6 Å². The van der Waals surface area contributed by atoms with Gasteiger partial charge in [0.05, 0.1) is 5.41 Å². The number of benzene rings is 7. The van der Waals surface area contributed by atoms with Crippen LogP contribution in [0.4, 0.5) is 11.4 Å². The molecule has 0 fully saturated rings. The van der Waals surface area contributed by atoms with Gasteiger partial charge in [-0.2, -0.15) is 12.6 Å². The lowest BCUT2D eigenvalue weighted by Crippen LogP contribution is -2.30. The molecular weight excluding hydrogens is 683 g/mol. The molecule has 9 rings (SSSR count). The Kier molecular flexibility index (Phi) is 9.16. The van der Waals surface area contributed by atoms with Crippen molar-refractivity contribution in [3.8, 4) is 33.4 Å². The smallest absolute Gasteiger partial charge is 0.0684 e. The standard InChI is InChI=1S/C53H45NS/c1-4-37(39-18-15-19-40(30-39)38-16-7-5-8-17-38)31-42(34-55)53(41-20-9-6-10-21-41)51-25-14-13-24-48(51)50-33-44(27-29-52(50)53)54-43-26-28-46-36(3)35(2)45-22-11-12-23-47(45)49(46)32-43/h4-33,35-36,54-55H,34H2,1-3H3/b37-4+,42-31+. The third-order valence-electron chi connectivity index (χ3n) is 12.2. The van der Waals surface area contributed by atoms with E-state index in [4.69, 9.17) is 12.6 Å². The minimum absolute atomic E-state index is 0.464. The summed E-state index contributed by atoms with van der Waals surface area (Å²) in [6.45, 7) is 6.85. The number of rotatable bonds is 8. The zero-order valence-corrected chi connectivity index (χ0v) is 32.5. The molecule has 7 aromatic rings. The van der Waals surface area contributed by atoms with E-state index in [0.29, 0.717) is 17.6 Å². The van der Waals surface area contributed by atoms with E-state index in [9.17, 15) is 0 Å². The van der Waals surface area contributed by atoms with Gasteiger partial charge in [-0.25, -0.2) is 0 Å². The Labute approximate surface area is 331 Å². The fraction of sp³-hybridized carbons (Fsp3) is 0.132. The van der Waals surface area contributed by atoms with E-state index in [2.05, 4.69) is 208 Å². The molecule has 0 saturated heterocycles. The van der Waals surface area contributed by atoms with E-state index in [1.807, 2.05) is 0 Å². The van der Waals surface area contributed by atoms with Gasteiger partial charge in [-0.3, -0.25) is 0 Å². The lowest BCUT2D eigenvalue weighted by molar-refractivity contribution is 0.616. The van der Waals surface area contributed by atoms with Crippen LogP contribution in [0.25, 0.3) is 39.0 Å². The number of hydrogen-bond donors (Lipinski definition) is 2. The predicted octanol–water partition coefficient (Wildman–Crippen LogP) is 14.3. The first kappa shape index (κ1) is 34.9. The highest BCUT2D eigenvalue weighted by Crippen LogP contribution is 2.57. The number of thiol groups is 1. The SMILES string of the molecule is C/C=C(\C=C(/CS)C1(c2ccccc2)c2ccccc2-c2cc(Nc3ccc4c(c3)-c3ccccc3C(C)C4C)ccc21)c1cccc(-c2ccccc2)c1. The van der Waals surface area contributed by atoms with Crippen molar-refractivity contribution in [1.82, 2.24) is 0 Å². The Morgan fingerprint density at radius 2 is 1.16 bits per heavy atom. The summed E-state index contributed by atoms with van der Waals surface area (Å²) in [4.78, 5) is 0. The number of anilines is 2. The third kappa shape index (κ3) is 5.88. The molecule has 0 saturated carbocycles. The van der Waals surface area contributed by atoms with Crippen LogP contribution in [0, 0.1) is 0 Å². The third-order valence-corrected chi connectivity index (χ3v) is 12.5. The van der Waals surface area contributed by atoms with E-state index in [-0.39, 0.29) is 0 Å². The van der Waals surface area contributed by atoms with E-state index >= 15 is 0 Å². The second-order valence-electron chi connectivity index (χ2n) is 15.0. The first-order valence-electron chi connectivity index (χ1n) is 19.5. The zero-order chi connectivity index (χ0) is 37.5. The van der Waals surface area contributed by atoms with Crippen LogP contribution < -0.4 is 5.32 Å². The first-order valence-corrected chi connectivity index (χ1v) is 20.1. The molecule has 0 spiro atoms. The van der Waals surface area contributed by atoms with Crippen molar-refractivity contribution in [3.63, 3.8) is 0 Å². The topological polar surface area (TPSA) is 12.0 Å². The normalized spacial score (nSPS) is 18.5. The van der Waals surface area contributed by atoms with E-state index in [0.717, 1.165) is 11.4 Å². The summed E-state index contributed by atoms with van der Waals surface area (Å²) in [5, 5.41) is 3.82. The van der Waals surface area contributed by atoms with Crippen molar-refractivity contribution in [2.45, 2.75) is 38.0 Å². The molecule has 0 radical (unpaired) electrons. The molecule has 7 aromatic carbocycles. The zero-order valence-electron chi connectivity index (χ0n) is 31.6. The van der Waals surface area contributed by atoms with Gasteiger partial charge in [0.15, 0.2) is 0 Å². The van der Waals surface area contributed by atoms with Gasteiger partial charge in [-0.15, -0.1) is 0 Å². The van der Waals surface area contributed by atoms with Crippen LogP contribution >= 0.6 is 12.6 Å². The maximum atomic E-state index is 5.13. The van der Waals surface area contributed by atoms with Crippen LogP contribution in [0.1, 0.15) is 66.0 Å². The maximum Gasteiger partial charge on any atom is 0.0684 e. The highest BCUT2D eigenvalue weighted by atomic mass is 32.1. The maximum absolute atomic E-state index is 5.13. The molecule has 268 valence electrons. The minimum atomic E-state index is -0.527. The van der Waals surface area contributed by atoms with Crippen molar-refractivity contribution in [1.29, 1.82) is 0 Å². The number of hydrogen-bond acceptors (Lipinski definition) is 2. The van der Waals surface area contributed by atoms with Crippen molar-refractivity contribution < 1.29 is 0 Å². The lowest BCUT2D eigenvalue weighted by atomic mass is 9.67. The molecule has 0 amide bonds. The first-order chi connectivity index (χ1) is 27.0. The molecule has 2 heteroatoms. The Hall–Kier alpha value is -5.83. The van der Waals surface area contributed by atoms with Crippen molar-refractivity contribution in [2.24, 2.45) is 0 Å². The van der Waals surface area contributed by atoms with Gasteiger partial charge in [0, 0.05) is 17.1 Å². The monoisotopic (exact) mass is 727 g/mol. The molecule has 0 aliphatic heterocycles. The van der Waals surface area contributed by atoms with Gasteiger partial charge in [-0.1, -0.05) is 166 Å². The van der Waals surface area contributed by atoms with E-state index < -0.39 is 5.41 Å². The number of fused-ring (bicyclic) bond motifs is 6.